The quantitative estimate of drug-likeness (QED) is 0.667. The standard InChI is InChI=1S/C6H9N3OS/c1-3-4(2)11-6(8-3)9-5(7)10/h1-2H3,(H3,7,8,9,10). The molecule has 1 aromatic rings. The van der Waals surface area contributed by atoms with Gasteiger partial charge < -0.3 is 5.73 Å². The molecule has 0 unspecified atom stereocenters. The number of carbonyl (C=O) groups is 1. The van der Waals surface area contributed by atoms with Gasteiger partial charge in [-0.1, -0.05) is 0 Å². The lowest BCUT2D eigenvalue weighted by molar-refractivity contribution is 0.259. The zero-order valence-electron chi connectivity index (χ0n) is 6.34. The molecule has 1 aromatic heterocycles. The maximum Gasteiger partial charge on any atom is 0.318 e. The Kier molecular flexibility index (Phi) is 2.09. The summed E-state index contributed by atoms with van der Waals surface area (Å²) in [6.07, 6.45) is 0. The number of aromatic nitrogens is 1. The van der Waals surface area contributed by atoms with Crippen molar-refractivity contribution >= 4 is 22.5 Å². The van der Waals surface area contributed by atoms with E-state index in [2.05, 4.69) is 10.3 Å². The lowest BCUT2D eigenvalue weighted by atomic mass is 10.4. The molecule has 0 saturated carbocycles. The number of rotatable bonds is 1. The predicted molar refractivity (Wildman–Crippen MR) is 44.8 cm³/mol. The molecule has 0 spiro atoms. The minimum Gasteiger partial charge on any atom is -0.351 e. The number of carbonyl (C=O) groups excluding carboxylic acids is 1. The molecule has 0 atom stereocenters. The summed E-state index contributed by atoms with van der Waals surface area (Å²) in [5.41, 5.74) is 5.83. The van der Waals surface area contributed by atoms with Crippen LogP contribution in [-0.4, -0.2) is 11.0 Å². The van der Waals surface area contributed by atoms with Gasteiger partial charge in [-0.3, -0.25) is 5.32 Å². The maximum absolute atomic E-state index is 10.4. The van der Waals surface area contributed by atoms with Crippen LogP contribution in [0.3, 0.4) is 0 Å². The Labute approximate surface area is 68.4 Å². The molecule has 0 radical (unpaired) electrons. The summed E-state index contributed by atoms with van der Waals surface area (Å²) in [6, 6.07) is -0.571. The van der Waals surface area contributed by atoms with Gasteiger partial charge in [0, 0.05) is 4.88 Å². The third-order valence-corrected chi connectivity index (χ3v) is 2.25. The highest BCUT2D eigenvalue weighted by Crippen LogP contribution is 2.20. The number of nitrogens with two attached hydrogens (primary N) is 1. The summed E-state index contributed by atoms with van der Waals surface area (Å²) in [4.78, 5) is 15.5. The first-order valence-electron chi connectivity index (χ1n) is 3.10. The fourth-order valence-electron chi connectivity index (χ4n) is 0.632. The summed E-state index contributed by atoms with van der Waals surface area (Å²) >= 11 is 1.42. The number of hydrogen-bond acceptors (Lipinski definition) is 3. The Bertz CT molecular complexity index is 262. The van der Waals surface area contributed by atoms with Gasteiger partial charge in [0.2, 0.25) is 0 Å². The Morgan fingerprint density at radius 2 is 2.27 bits per heavy atom. The van der Waals surface area contributed by atoms with Crippen LogP contribution >= 0.6 is 11.3 Å². The summed E-state index contributed by atoms with van der Waals surface area (Å²) in [7, 11) is 0. The van der Waals surface area contributed by atoms with Crippen LogP contribution in [0.15, 0.2) is 0 Å². The lowest BCUT2D eigenvalue weighted by Gasteiger charge is -1.91. The minimum atomic E-state index is -0.571. The Hall–Kier alpha value is -1.10. The average Bonchev–Trinajstić information content (AvgIpc) is 2.10. The maximum atomic E-state index is 10.4. The molecule has 5 heteroatoms. The van der Waals surface area contributed by atoms with E-state index in [0.29, 0.717) is 5.13 Å². The van der Waals surface area contributed by atoms with Crippen LogP contribution in [0.25, 0.3) is 0 Å². The third-order valence-electron chi connectivity index (χ3n) is 1.26. The molecule has 3 N–H and O–H groups in total. The van der Waals surface area contributed by atoms with Crippen molar-refractivity contribution in [1.29, 1.82) is 0 Å². The number of nitrogens with one attached hydrogen (secondary N) is 1. The first-order valence-corrected chi connectivity index (χ1v) is 3.91. The average molecular weight is 171 g/mol. The van der Waals surface area contributed by atoms with Crippen LogP contribution in [0.2, 0.25) is 0 Å². The van der Waals surface area contributed by atoms with Crippen molar-refractivity contribution in [3.63, 3.8) is 0 Å². The highest BCUT2D eigenvalue weighted by Gasteiger charge is 2.03. The molecule has 0 saturated heterocycles. The number of anilines is 1. The highest BCUT2D eigenvalue weighted by molar-refractivity contribution is 7.15. The van der Waals surface area contributed by atoms with Crippen molar-refractivity contribution in [2.75, 3.05) is 5.32 Å². The van der Waals surface area contributed by atoms with Crippen LogP contribution in [0, 0.1) is 13.8 Å². The van der Waals surface area contributed by atoms with Crippen LogP contribution in [0.4, 0.5) is 9.93 Å². The summed E-state index contributed by atoms with van der Waals surface area (Å²) in [5, 5.41) is 2.98. The first-order chi connectivity index (χ1) is 5.09. The molecule has 0 aliphatic rings. The van der Waals surface area contributed by atoms with E-state index in [9.17, 15) is 4.79 Å². The predicted octanol–water partition coefficient (Wildman–Crippen LogP) is 1.25. The Morgan fingerprint density at radius 3 is 2.64 bits per heavy atom. The van der Waals surface area contributed by atoms with Gasteiger partial charge in [-0.2, -0.15) is 0 Å². The number of urea groups is 1. The summed E-state index contributed by atoms with van der Waals surface area (Å²) in [6.45, 7) is 3.83. The number of thiazole rings is 1. The SMILES string of the molecule is Cc1nc(NC(N)=O)sc1C. The fourth-order valence-corrected chi connectivity index (χ4v) is 1.45. The van der Waals surface area contributed by atoms with E-state index >= 15 is 0 Å². The van der Waals surface area contributed by atoms with Crippen molar-refractivity contribution in [3.8, 4) is 0 Å². The normalized spacial score (nSPS) is 9.64. The molecular weight excluding hydrogens is 162 g/mol. The lowest BCUT2D eigenvalue weighted by Crippen LogP contribution is -2.18. The molecule has 0 aliphatic heterocycles. The number of amides is 2. The smallest absolute Gasteiger partial charge is 0.318 e. The van der Waals surface area contributed by atoms with Crippen LogP contribution < -0.4 is 11.1 Å². The second-order valence-electron chi connectivity index (χ2n) is 2.15. The van der Waals surface area contributed by atoms with Gasteiger partial charge in [-0.25, -0.2) is 9.78 Å². The van der Waals surface area contributed by atoms with E-state index in [-0.39, 0.29) is 0 Å². The van der Waals surface area contributed by atoms with Gasteiger partial charge in [-0.15, -0.1) is 11.3 Å². The van der Waals surface area contributed by atoms with Crippen molar-refractivity contribution in [3.05, 3.63) is 10.6 Å². The molecule has 2 amide bonds. The van der Waals surface area contributed by atoms with E-state index < -0.39 is 6.03 Å². The van der Waals surface area contributed by atoms with Gasteiger partial charge in [0.05, 0.1) is 5.69 Å². The van der Waals surface area contributed by atoms with E-state index in [1.807, 2.05) is 13.8 Å². The van der Waals surface area contributed by atoms with E-state index in [4.69, 9.17) is 5.73 Å². The van der Waals surface area contributed by atoms with Crippen molar-refractivity contribution in [1.82, 2.24) is 4.98 Å². The van der Waals surface area contributed by atoms with Crippen LogP contribution in [0.5, 0.6) is 0 Å². The molecule has 4 nitrogen and oxygen atoms in total. The van der Waals surface area contributed by atoms with Gasteiger partial charge >= 0.3 is 6.03 Å². The van der Waals surface area contributed by atoms with Gasteiger partial charge in [-0.05, 0) is 13.8 Å². The van der Waals surface area contributed by atoms with E-state index in [1.54, 1.807) is 0 Å². The van der Waals surface area contributed by atoms with Gasteiger partial charge in [0.1, 0.15) is 0 Å². The molecule has 11 heavy (non-hydrogen) atoms. The van der Waals surface area contributed by atoms with Gasteiger partial charge in [0.15, 0.2) is 5.13 Å². The molecule has 1 rings (SSSR count). The topological polar surface area (TPSA) is 68.0 Å². The number of primary amides is 1. The van der Waals surface area contributed by atoms with Crippen molar-refractivity contribution in [2.45, 2.75) is 13.8 Å². The number of hydrogen-bond donors (Lipinski definition) is 2. The molecule has 0 fully saturated rings. The monoisotopic (exact) mass is 171 g/mol. The van der Waals surface area contributed by atoms with E-state index in [1.165, 1.54) is 11.3 Å². The zero-order valence-corrected chi connectivity index (χ0v) is 7.16. The largest absolute Gasteiger partial charge is 0.351 e. The van der Waals surface area contributed by atoms with Crippen LogP contribution in [0.1, 0.15) is 10.6 Å². The minimum absolute atomic E-state index is 0.563. The highest BCUT2D eigenvalue weighted by atomic mass is 32.1. The molecule has 1 heterocycles. The summed E-state index contributed by atoms with van der Waals surface area (Å²) in [5.74, 6) is 0. The summed E-state index contributed by atoms with van der Waals surface area (Å²) < 4.78 is 0. The second-order valence-corrected chi connectivity index (χ2v) is 3.35. The third kappa shape index (κ3) is 1.91. The van der Waals surface area contributed by atoms with Crippen molar-refractivity contribution in [2.24, 2.45) is 5.73 Å². The number of aryl methyl sites for hydroxylation is 2. The Morgan fingerprint density at radius 1 is 1.64 bits per heavy atom. The van der Waals surface area contributed by atoms with E-state index in [0.717, 1.165) is 10.6 Å². The molecular formula is C6H9N3OS. The van der Waals surface area contributed by atoms with Crippen molar-refractivity contribution < 1.29 is 4.79 Å². The molecule has 60 valence electrons. The molecule has 0 aliphatic carbocycles. The fraction of sp³-hybridized carbons (Fsp3) is 0.333. The van der Waals surface area contributed by atoms with Gasteiger partial charge in [0.25, 0.3) is 0 Å². The van der Waals surface area contributed by atoms with Crippen LogP contribution in [-0.2, 0) is 0 Å². The Balaban J connectivity index is 2.81. The number of nitrogens with zero attached hydrogens (tertiary/aromatic N) is 1. The molecule has 0 aromatic carbocycles. The molecule has 0 bridgehead atoms. The second kappa shape index (κ2) is 2.87. The first kappa shape index (κ1) is 8.00. The zero-order chi connectivity index (χ0) is 8.43.